The normalized spacial score (nSPS) is 11.1. The lowest BCUT2D eigenvalue weighted by Crippen LogP contribution is -2.19. The quantitative estimate of drug-likeness (QED) is 0.513. The molecule has 7 nitrogen and oxygen atoms in total. The van der Waals surface area contributed by atoms with Crippen LogP contribution in [-0.2, 0) is 0 Å². The summed E-state index contributed by atoms with van der Waals surface area (Å²) in [7, 11) is 0. The Hall–Kier alpha value is -4.18. The molecule has 2 aromatic carbocycles. The third-order valence-corrected chi connectivity index (χ3v) is 4.64. The van der Waals surface area contributed by atoms with Crippen LogP contribution in [0.5, 0.6) is 0 Å². The van der Waals surface area contributed by atoms with E-state index >= 15 is 0 Å². The molecule has 0 aliphatic carbocycles. The Balaban J connectivity index is 1.83. The van der Waals surface area contributed by atoms with Gasteiger partial charge in [-0.3, -0.25) is 9.89 Å². The van der Waals surface area contributed by atoms with Crippen molar-refractivity contribution in [1.29, 1.82) is 5.26 Å². The molecule has 0 bridgehead atoms. The molecule has 1 N–H and O–H groups in total. The summed E-state index contributed by atoms with van der Waals surface area (Å²) in [6.07, 6.45) is 0. The van der Waals surface area contributed by atoms with E-state index in [1.54, 1.807) is 13.0 Å². The number of nitrogens with zero attached hydrogens (tertiary/aromatic N) is 4. The van der Waals surface area contributed by atoms with Gasteiger partial charge in [0, 0.05) is 0 Å². The largest absolute Gasteiger partial charge is 0.436 e. The number of hydrogen-bond acceptors (Lipinski definition) is 5. The lowest BCUT2D eigenvalue weighted by molar-refractivity contribution is 0.616. The van der Waals surface area contributed by atoms with E-state index in [0.29, 0.717) is 28.0 Å². The summed E-state index contributed by atoms with van der Waals surface area (Å²) in [6, 6.07) is 18.8. The highest BCUT2D eigenvalue weighted by atomic mass is 16.3. The Morgan fingerprint density at radius 2 is 1.79 bits per heavy atom. The summed E-state index contributed by atoms with van der Waals surface area (Å²) in [5.74, 6) is 0.208. The molecule has 5 rings (SSSR count). The monoisotopic (exact) mass is 367 g/mol. The van der Waals surface area contributed by atoms with E-state index in [2.05, 4.69) is 21.1 Å². The maximum Gasteiger partial charge on any atom is 0.285 e. The van der Waals surface area contributed by atoms with Gasteiger partial charge in [0.2, 0.25) is 5.89 Å². The zero-order valence-electron chi connectivity index (χ0n) is 14.8. The summed E-state index contributed by atoms with van der Waals surface area (Å²) in [5, 5.41) is 12.4. The fraction of sp³-hybridized carbons (Fsp3) is 0.0476. The molecule has 0 radical (unpaired) electrons. The third-order valence-electron chi connectivity index (χ3n) is 4.64. The average molecular weight is 367 g/mol. The fourth-order valence-electron chi connectivity index (χ4n) is 3.36. The van der Waals surface area contributed by atoms with E-state index in [-0.39, 0.29) is 22.7 Å². The molecule has 0 spiro atoms. The van der Waals surface area contributed by atoms with Crippen LogP contribution >= 0.6 is 0 Å². The first-order valence-corrected chi connectivity index (χ1v) is 8.64. The number of fused-ring (bicyclic) bond motifs is 2. The van der Waals surface area contributed by atoms with Crippen molar-refractivity contribution in [1.82, 2.24) is 19.6 Å². The number of H-pyrrole nitrogens is 1. The molecule has 0 saturated heterocycles. The molecule has 0 atom stereocenters. The molecule has 0 amide bonds. The number of nitrogens with one attached hydrogen (secondary N) is 1. The van der Waals surface area contributed by atoms with Crippen LogP contribution < -0.4 is 5.56 Å². The molecule has 0 aliphatic rings. The highest BCUT2D eigenvalue weighted by Gasteiger charge is 2.22. The Kier molecular flexibility index (Phi) is 3.39. The van der Waals surface area contributed by atoms with Gasteiger partial charge in [0.15, 0.2) is 11.2 Å². The highest BCUT2D eigenvalue weighted by molar-refractivity contribution is 5.83. The van der Waals surface area contributed by atoms with Gasteiger partial charge in [0.05, 0.1) is 11.3 Å². The summed E-state index contributed by atoms with van der Waals surface area (Å²) >= 11 is 0. The summed E-state index contributed by atoms with van der Waals surface area (Å²) in [4.78, 5) is 22.3. The number of nitriles is 1. The number of hydrogen-bond donors (Lipinski definition) is 1. The standard InChI is InChI=1S/C21H13N5O2/c1-12-17(20-24-14-9-5-6-10-16(14)28-20)21(27)26-19(23-12)18(15(11-22)25-26)13-7-3-2-4-8-13/h2-10,25H,1H3. The van der Waals surface area contributed by atoms with Crippen molar-refractivity contribution in [2.45, 2.75) is 6.92 Å². The van der Waals surface area contributed by atoms with E-state index < -0.39 is 0 Å². The second-order valence-electron chi connectivity index (χ2n) is 6.36. The smallest absolute Gasteiger partial charge is 0.285 e. The van der Waals surface area contributed by atoms with Crippen LogP contribution in [0.3, 0.4) is 0 Å². The second-order valence-corrected chi connectivity index (χ2v) is 6.36. The van der Waals surface area contributed by atoms with Crippen molar-refractivity contribution in [3.8, 4) is 28.7 Å². The van der Waals surface area contributed by atoms with Gasteiger partial charge in [-0.25, -0.2) is 9.97 Å². The van der Waals surface area contributed by atoms with Gasteiger partial charge in [-0.2, -0.15) is 9.78 Å². The number of para-hydroxylation sites is 2. The van der Waals surface area contributed by atoms with Crippen molar-refractivity contribution < 1.29 is 4.42 Å². The van der Waals surface area contributed by atoms with Gasteiger partial charge in [0.25, 0.3) is 5.56 Å². The molecule has 134 valence electrons. The Morgan fingerprint density at radius 1 is 1.04 bits per heavy atom. The Bertz CT molecular complexity index is 1420. The van der Waals surface area contributed by atoms with Crippen LogP contribution in [0.15, 0.2) is 63.8 Å². The lowest BCUT2D eigenvalue weighted by atomic mass is 10.1. The van der Waals surface area contributed by atoms with Crippen molar-refractivity contribution in [3.05, 3.63) is 76.3 Å². The molecule has 0 fully saturated rings. The van der Waals surface area contributed by atoms with Crippen LogP contribution in [0.4, 0.5) is 0 Å². The molecule has 7 heteroatoms. The van der Waals surface area contributed by atoms with Crippen molar-refractivity contribution in [2.24, 2.45) is 0 Å². The van der Waals surface area contributed by atoms with Gasteiger partial charge in [-0.05, 0) is 24.6 Å². The molecule has 3 heterocycles. The molecule has 0 saturated carbocycles. The second kappa shape index (κ2) is 5.93. The fourth-order valence-corrected chi connectivity index (χ4v) is 3.36. The van der Waals surface area contributed by atoms with Crippen molar-refractivity contribution in [2.75, 3.05) is 0 Å². The number of aromatic amines is 1. The van der Waals surface area contributed by atoms with Crippen LogP contribution in [0.25, 0.3) is 39.3 Å². The summed E-state index contributed by atoms with van der Waals surface area (Å²) in [6.45, 7) is 1.74. The van der Waals surface area contributed by atoms with Gasteiger partial charge < -0.3 is 4.42 Å². The predicted octanol–water partition coefficient (Wildman–Crippen LogP) is 3.68. The van der Waals surface area contributed by atoms with Crippen LogP contribution in [0.1, 0.15) is 11.4 Å². The first-order valence-electron chi connectivity index (χ1n) is 8.64. The molecule has 3 aromatic heterocycles. The van der Waals surface area contributed by atoms with Crippen molar-refractivity contribution in [3.63, 3.8) is 0 Å². The zero-order chi connectivity index (χ0) is 19.3. The SMILES string of the molecule is Cc1nc2c(-c3ccccc3)c(C#N)[nH]n2c(=O)c1-c1nc2ccccc2o1. The first kappa shape index (κ1) is 16.0. The minimum atomic E-state index is -0.368. The third kappa shape index (κ3) is 2.25. The molecule has 28 heavy (non-hydrogen) atoms. The zero-order valence-corrected chi connectivity index (χ0v) is 14.8. The number of aryl methyl sites for hydroxylation is 1. The van der Waals surface area contributed by atoms with E-state index in [1.807, 2.05) is 48.5 Å². The summed E-state index contributed by atoms with van der Waals surface area (Å²) in [5.41, 5.74) is 3.69. The lowest BCUT2D eigenvalue weighted by Gasteiger charge is -2.03. The number of benzene rings is 2. The molecular weight excluding hydrogens is 354 g/mol. The average Bonchev–Trinajstić information content (AvgIpc) is 3.29. The topological polar surface area (TPSA) is 100.0 Å². The summed E-state index contributed by atoms with van der Waals surface area (Å²) < 4.78 is 7.05. The maximum atomic E-state index is 13.2. The number of oxazole rings is 1. The van der Waals surface area contributed by atoms with E-state index in [9.17, 15) is 10.1 Å². The van der Waals surface area contributed by atoms with Gasteiger partial charge >= 0.3 is 0 Å². The Morgan fingerprint density at radius 3 is 2.54 bits per heavy atom. The molecule has 0 aliphatic heterocycles. The van der Waals surface area contributed by atoms with E-state index in [1.165, 1.54) is 4.52 Å². The van der Waals surface area contributed by atoms with Crippen LogP contribution in [-0.4, -0.2) is 19.6 Å². The molecule has 5 aromatic rings. The van der Waals surface area contributed by atoms with E-state index in [0.717, 1.165) is 5.56 Å². The number of aromatic nitrogens is 4. The predicted molar refractivity (Wildman–Crippen MR) is 104 cm³/mol. The Labute approximate surface area is 158 Å². The minimum Gasteiger partial charge on any atom is -0.436 e. The van der Waals surface area contributed by atoms with Gasteiger partial charge in [-0.1, -0.05) is 42.5 Å². The minimum absolute atomic E-state index is 0.208. The maximum absolute atomic E-state index is 13.2. The van der Waals surface area contributed by atoms with Gasteiger partial charge in [-0.15, -0.1) is 0 Å². The van der Waals surface area contributed by atoms with E-state index in [4.69, 9.17) is 4.42 Å². The van der Waals surface area contributed by atoms with Crippen LogP contribution in [0, 0.1) is 18.3 Å². The van der Waals surface area contributed by atoms with Gasteiger partial charge in [0.1, 0.15) is 22.8 Å². The highest BCUT2D eigenvalue weighted by Crippen LogP contribution is 2.29. The number of rotatable bonds is 2. The van der Waals surface area contributed by atoms with Crippen LogP contribution in [0.2, 0.25) is 0 Å². The first-order chi connectivity index (χ1) is 13.7. The molecular formula is C21H13N5O2. The molecule has 0 unspecified atom stereocenters. The van der Waals surface area contributed by atoms with Crippen molar-refractivity contribution >= 4 is 16.7 Å².